The van der Waals surface area contributed by atoms with Gasteiger partial charge in [0.05, 0.1) is 5.02 Å². The first-order valence-electron chi connectivity index (χ1n) is 7.99. The summed E-state index contributed by atoms with van der Waals surface area (Å²) >= 11 is 5.93. The smallest absolute Gasteiger partial charge is 0.410 e. The lowest BCUT2D eigenvalue weighted by molar-refractivity contribution is 0.209. The molecule has 3 aromatic rings. The number of benzene rings is 2. The average Bonchev–Trinajstić information content (AvgIpc) is 3.42. The van der Waals surface area contributed by atoms with E-state index in [9.17, 15) is 13.6 Å². The number of hydrogen-bond acceptors (Lipinski definition) is 2. The molecular formula is C19H15ClF2N2O2. The third-order valence-electron chi connectivity index (χ3n) is 3.61. The van der Waals surface area contributed by atoms with E-state index in [0.29, 0.717) is 16.3 Å². The summed E-state index contributed by atoms with van der Waals surface area (Å²) in [6.45, 7) is 0. The highest BCUT2D eigenvalue weighted by atomic mass is 35.5. The van der Waals surface area contributed by atoms with Crippen molar-refractivity contribution in [3.05, 3.63) is 59.3 Å². The monoisotopic (exact) mass is 376 g/mol. The maximum Gasteiger partial charge on any atom is 0.410 e. The fourth-order valence-corrected chi connectivity index (χ4v) is 2.60. The Bertz CT molecular complexity index is 951. The SMILES string of the molecule is C1CC1.O=C(O)Nc1cc2ccc(-c3c(F)cc(F)cc3Cl)cc2cn1. The molecule has 1 fully saturated rings. The van der Waals surface area contributed by atoms with Gasteiger partial charge in [-0.1, -0.05) is 43.0 Å². The lowest BCUT2D eigenvalue weighted by Crippen LogP contribution is -2.08. The molecule has 1 aromatic heterocycles. The van der Waals surface area contributed by atoms with Crippen molar-refractivity contribution in [2.24, 2.45) is 0 Å². The van der Waals surface area contributed by atoms with Crippen LogP contribution in [0.2, 0.25) is 5.02 Å². The predicted molar refractivity (Wildman–Crippen MR) is 97.6 cm³/mol. The number of anilines is 1. The third kappa shape index (κ3) is 4.46. The molecule has 0 unspecified atom stereocenters. The van der Waals surface area contributed by atoms with Crippen LogP contribution in [0.15, 0.2) is 42.6 Å². The highest BCUT2D eigenvalue weighted by Gasteiger charge is 2.13. The summed E-state index contributed by atoms with van der Waals surface area (Å²) < 4.78 is 27.1. The zero-order valence-electron chi connectivity index (χ0n) is 13.6. The molecule has 26 heavy (non-hydrogen) atoms. The summed E-state index contributed by atoms with van der Waals surface area (Å²) in [5.74, 6) is -1.32. The average molecular weight is 377 g/mol. The molecule has 4 rings (SSSR count). The molecule has 1 amide bonds. The van der Waals surface area contributed by atoms with Gasteiger partial charge in [-0.15, -0.1) is 0 Å². The van der Waals surface area contributed by atoms with Gasteiger partial charge < -0.3 is 5.11 Å². The number of amides is 1. The standard InChI is InChI=1S/C16H9ClF2N2O2.C3H6/c17-12-5-11(18)6-13(19)15(12)9-2-1-8-4-14(21-16(22)23)20-7-10(8)3-9;1-2-3-1/h1-7H,(H,20,21)(H,22,23);1-3H2. The lowest BCUT2D eigenvalue weighted by atomic mass is 10.0. The Morgan fingerprint density at radius 3 is 2.42 bits per heavy atom. The van der Waals surface area contributed by atoms with Crippen LogP contribution in [-0.4, -0.2) is 16.2 Å². The van der Waals surface area contributed by atoms with Gasteiger partial charge in [0.1, 0.15) is 17.5 Å². The number of carbonyl (C=O) groups is 1. The molecule has 134 valence electrons. The first-order chi connectivity index (χ1) is 12.4. The van der Waals surface area contributed by atoms with E-state index < -0.39 is 17.7 Å². The summed E-state index contributed by atoms with van der Waals surface area (Å²) in [4.78, 5) is 14.6. The molecule has 0 radical (unpaired) electrons. The van der Waals surface area contributed by atoms with E-state index in [1.807, 2.05) is 0 Å². The largest absolute Gasteiger partial charge is 0.465 e. The van der Waals surface area contributed by atoms with Crippen LogP contribution >= 0.6 is 11.6 Å². The van der Waals surface area contributed by atoms with Gasteiger partial charge >= 0.3 is 6.09 Å². The van der Waals surface area contributed by atoms with Crippen LogP contribution < -0.4 is 5.32 Å². The minimum atomic E-state index is -1.21. The van der Waals surface area contributed by atoms with E-state index in [1.54, 1.807) is 24.3 Å². The van der Waals surface area contributed by atoms with E-state index >= 15 is 0 Å². The number of nitrogens with one attached hydrogen (secondary N) is 1. The molecule has 1 heterocycles. The Labute approximate surface area is 153 Å². The Kier molecular flexibility index (Phi) is 5.32. The van der Waals surface area contributed by atoms with E-state index in [1.165, 1.54) is 25.5 Å². The van der Waals surface area contributed by atoms with Gasteiger partial charge in [0.2, 0.25) is 0 Å². The number of pyridine rings is 1. The van der Waals surface area contributed by atoms with Gasteiger partial charge in [-0.05, 0) is 29.1 Å². The van der Waals surface area contributed by atoms with E-state index in [-0.39, 0.29) is 16.4 Å². The van der Waals surface area contributed by atoms with Crippen molar-refractivity contribution in [1.82, 2.24) is 4.98 Å². The third-order valence-corrected chi connectivity index (χ3v) is 3.90. The number of hydrogen-bond donors (Lipinski definition) is 2. The molecule has 0 spiro atoms. The Balaban J connectivity index is 0.000000592. The van der Waals surface area contributed by atoms with E-state index in [4.69, 9.17) is 16.7 Å². The molecule has 0 aliphatic heterocycles. The molecule has 1 aliphatic rings. The first-order valence-corrected chi connectivity index (χ1v) is 8.36. The van der Waals surface area contributed by atoms with Crippen molar-refractivity contribution in [2.45, 2.75) is 19.3 Å². The van der Waals surface area contributed by atoms with Crippen LogP contribution in [-0.2, 0) is 0 Å². The maximum atomic E-state index is 14.0. The molecule has 0 bridgehead atoms. The number of rotatable bonds is 2. The Morgan fingerprint density at radius 1 is 1.08 bits per heavy atom. The highest BCUT2D eigenvalue weighted by molar-refractivity contribution is 6.33. The number of carboxylic acid groups (broad SMARTS) is 1. The Morgan fingerprint density at radius 2 is 1.81 bits per heavy atom. The van der Waals surface area contributed by atoms with E-state index in [2.05, 4.69) is 10.3 Å². The molecule has 4 nitrogen and oxygen atoms in total. The number of aromatic nitrogens is 1. The zero-order valence-corrected chi connectivity index (χ0v) is 14.4. The Hall–Kier alpha value is -2.73. The molecule has 2 aromatic carbocycles. The maximum absolute atomic E-state index is 14.0. The highest BCUT2D eigenvalue weighted by Crippen LogP contribution is 2.33. The first kappa shape index (κ1) is 18.1. The minimum absolute atomic E-state index is 0.0287. The van der Waals surface area contributed by atoms with Crippen LogP contribution in [0.4, 0.5) is 19.4 Å². The summed E-state index contributed by atoms with van der Waals surface area (Å²) in [7, 11) is 0. The lowest BCUT2D eigenvalue weighted by Gasteiger charge is -2.09. The van der Waals surface area contributed by atoms with Gasteiger partial charge in [0.25, 0.3) is 0 Å². The van der Waals surface area contributed by atoms with Crippen LogP contribution in [0.5, 0.6) is 0 Å². The van der Waals surface area contributed by atoms with Crippen molar-refractivity contribution >= 4 is 34.3 Å². The second-order valence-electron chi connectivity index (χ2n) is 5.87. The number of nitrogens with zero attached hydrogens (tertiary/aromatic N) is 1. The van der Waals surface area contributed by atoms with Crippen LogP contribution in [0.1, 0.15) is 19.3 Å². The molecule has 0 saturated heterocycles. The predicted octanol–water partition coefficient (Wildman–Crippen LogP) is 6.09. The van der Waals surface area contributed by atoms with Gasteiger partial charge in [0, 0.05) is 23.2 Å². The quantitative estimate of drug-likeness (QED) is 0.568. The van der Waals surface area contributed by atoms with Crippen molar-refractivity contribution in [2.75, 3.05) is 5.32 Å². The van der Waals surface area contributed by atoms with Gasteiger partial charge in [-0.2, -0.15) is 0 Å². The summed E-state index contributed by atoms with van der Waals surface area (Å²) in [5.41, 5.74) is 0.573. The fourth-order valence-electron chi connectivity index (χ4n) is 2.29. The summed E-state index contributed by atoms with van der Waals surface area (Å²) in [6.07, 6.45) is 4.74. The molecule has 1 aliphatic carbocycles. The van der Waals surface area contributed by atoms with E-state index in [0.717, 1.165) is 12.1 Å². The summed E-state index contributed by atoms with van der Waals surface area (Å²) in [5, 5.41) is 12.2. The normalized spacial score (nSPS) is 12.3. The van der Waals surface area contributed by atoms with Crippen molar-refractivity contribution in [3.63, 3.8) is 0 Å². The van der Waals surface area contributed by atoms with Crippen molar-refractivity contribution in [3.8, 4) is 11.1 Å². The minimum Gasteiger partial charge on any atom is -0.465 e. The van der Waals surface area contributed by atoms with Crippen molar-refractivity contribution in [1.29, 1.82) is 0 Å². The van der Waals surface area contributed by atoms with Crippen LogP contribution in [0.3, 0.4) is 0 Å². The van der Waals surface area contributed by atoms with Gasteiger partial charge in [-0.25, -0.2) is 18.6 Å². The zero-order chi connectivity index (χ0) is 18.7. The number of fused-ring (bicyclic) bond motifs is 1. The molecule has 7 heteroatoms. The van der Waals surface area contributed by atoms with Crippen LogP contribution in [0.25, 0.3) is 21.9 Å². The van der Waals surface area contributed by atoms with Crippen molar-refractivity contribution < 1.29 is 18.7 Å². The molecular weight excluding hydrogens is 362 g/mol. The summed E-state index contributed by atoms with van der Waals surface area (Å²) in [6, 6.07) is 8.31. The second-order valence-corrected chi connectivity index (χ2v) is 6.27. The number of halogens is 3. The van der Waals surface area contributed by atoms with Gasteiger partial charge in [-0.3, -0.25) is 5.32 Å². The molecule has 0 atom stereocenters. The molecule has 1 saturated carbocycles. The second kappa shape index (κ2) is 7.66. The van der Waals surface area contributed by atoms with Crippen LogP contribution in [0, 0.1) is 11.6 Å². The molecule has 2 N–H and O–H groups in total. The fraction of sp³-hybridized carbons (Fsp3) is 0.158. The van der Waals surface area contributed by atoms with Gasteiger partial charge in [0.15, 0.2) is 0 Å². The topological polar surface area (TPSA) is 62.2 Å².